The zero-order valence-corrected chi connectivity index (χ0v) is 12.4. The average Bonchev–Trinajstić information content (AvgIpc) is 2.42. The van der Waals surface area contributed by atoms with E-state index in [1.807, 2.05) is 13.1 Å². The molecule has 2 unspecified atom stereocenters. The quantitative estimate of drug-likeness (QED) is 0.883. The van der Waals surface area contributed by atoms with Crippen LogP contribution >= 0.6 is 0 Å². The third-order valence-electron chi connectivity index (χ3n) is 3.98. The van der Waals surface area contributed by atoms with Gasteiger partial charge in [-0.05, 0) is 57.7 Å². The Bertz CT molecular complexity index is 382. The van der Waals surface area contributed by atoms with Crippen LogP contribution in [0.4, 0.5) is 0 Å². The standard InChI is InChI=1S/C16H26N2O/c1-4-10-17-15(14-8-7-13(2)18-12-14)16(3)9-5-6-11-19-16/h7-8,12,15,17H,4-6,9-11H2,1-3H3. The van der Waals surface area contributed by atoms with Crippen LogP contribution in [-0.2, 0) is 4.74 Å². The highest BCUT2D eigenvalue weighted by Crippen LogP contribution is 2.36. The smallest absolute Gasteiger partial charge is 0.0848 e. The lowest BCUT2D eigenvalue weighted by molar-refractivity contribution is -0.0898. The van der Waals surface area contributed by atoms with Crippen molar-refractivity contribution in [3.63, 3.8) is 0 Å². The van der Waals surface area contributed by atoms with E-state index >= 15 is 0 Å². The number of nitrogens with one attached hydrogen (secondary N) is 1. The molecule has 2 heterocycles. The van der Waals surface area contributed by atoms with Gasteiger partial charge in [-0.2, -0.15) is 0 Å². The zero-order valence-electron chi connectivity index (χ0n) is 12.4. The lowest BCUT2D eigenvalue weighted by Gasteiger charge is -2.41. The van der Waals surface area contributed by atoms with E-state index in [0.717, 1.165) is 31.7 Å². The summed E-state index contributed by atoms with van der Waals surface area (Å²) in [7, 11) is 0. The molecule has 1 fully saturated rings. The molecule has 3 heteroatoms. The fourth-order valence-electron chi connectivity index (χ4n) is 2.81. The Morgan fingerprint density at radius 2 is 2.26 bits per heavy atom. The SMILES string of the molecule is CCCNC(c1ccc(C)nc1)C1(C)CCCCO1. The highest BCUT2D eigenvalue weighted by Gasteiger charge is 2.37. The van der Waals surface area contributed by atoms with E-state index in [-0.39, 0.29) is 11.6 Å². The first kappa shape index (κ1) is 14.5. The van der Waals surface area contributed by atoms with Gasteiger partial charge >= 0.3 is 0 Å². The fraction of sp³-hybridized carbons (Fsp3) is 0.688. The Morgan fingerprint density at radius 1 is 1.42 bits per heavy atom. The van der Waals surface area contributed by atoms with Crippen LogP contribution in [0.15, 0.2) is 18.3 Å². The summed E-state index contributed by atoms with van der Waals surface area (Å²) < 4.78 is 6.12. The van der Waals surface area contributed by atoms with Crippen molar-refractivity contribution < 1.29 is 4.74 Å². The minimum Gasteiger partial charge on any atom is -0.373 e. The first-order valence-corrected chi connectivity index (χ1v) is 7.45. The Balaban J connectivity index is 2.21. The summed E-state index contributed by atoms with van der Waals surface area (Å²) in [4.78, 5) is 4.44. The number of nitrogens with zero attached hydrogens (tertiary/aromatic N) is 1. The van der Waals surface area contributed by atoms with Crippen molar-refractivity contribution in [2.45, 2.75) is 58.1 Å². The van der Waals surface area contributed by atoms with E-state index in [0.29, 0.717) is 0 Å². The number of aromatic nitrogens is 1. The normalized spacial score (nSPS) is 25.2. The molecule has 1 aromatic rings. The van der Waals surface area contributed by atoms with Gasteiger partial charge in [0.15, 0.2) is 0 Å². The Labute approximate surface area is 116 Å². The molecule has 2 atom stereocenters. The summed E-state index contributed by atoms with van der Waals surface area (Å²) in [6, 6.07) is 4.50. The van der Waals surface area contributed by atoms with Crippen LogP contribution in [0.25, 0.3) is 0 Å². The highest BCUT2D eigenvalue weighted by atomic mass is 16.5. The summed E-state index contributed by atoms with van der Waals surface area (Å²) >= 11 is 0. The zero-order chi connectivity index (χ0) is 13.7. The number of hydrogen-bond donors (Lipinski definition) is 1. The van der Waals surface area contributed by atoms with E-state index in [2.05, 4.69) is 36.3 Å². The Kier molecular flexibility index (Phi) is 4.94. The van der Waals surface area contributed by atoms with Crippen molar-refractivity contribution in [1.29, 1.82) is 0 Å². The highest BCUT2D eigenvalue weighted by molar-refractivity contribution is 5.21. The fourth-order valence-corrected chi connectivity index (χ4v) is 2.81. The molecule has 1 N–H and O–H groups in total. The largest absolute Gasteiger partial charge is 0.373 e. The molecule has 2 rings (SSSR count). The van der Waals surface area contributed by atoms with Gasteiger partial charge in [0.2, 0.25) is 0 Å². The van der Waals surface area contributed by atoms with Gasteiger partial charge in [0.05, 0.1) is 11.6 Å². The summed E-state index contributed by atoms with van der Waals surface area (Å²) in [6.45, 7) is 8.34. The van der Waals surface area contributed by atoms with Gasteiger partial charge in [-0.1, -0.05) is 13.0 Å². The Morgan fingerprint density at radius 3 is 2.84 bits per heavy atom. The molecule has 0 saturated carbocycles. The first-order chi connectivity index (χ1) is 9.15. The molecule has 19 heavy (non-hydrogen) atoms. The molecule has 0 spiro atoms. The van der Waals surface area contributed by atoms with Gasteiger partial charge in [0, 0.05) is 18.5 Å². The van der Waals surface area contributed by atoms with E-state index in [1.165, 1.54) is 18.4 Å². The maximum Gasteiger partial charge on any atom is 0.0848 e. The van der Waals surface area contributed by atoms with E-state index in [9.17, 15) is 0 Å². The molecule has 1 aromatic heterocycles. The minimum absolute atomic E-state index is 0.107. The molecule has 0 radical (unpaired) electrons. The number of aryl methyl sites for hydroxylation is 1. The third kappa shape index (κ3) is 3.54. The van der Waals surface area contributed by atoms with Crippen molar-refractivity contribution in [1.82, 2.24) is 10.3 Å². The van der Waals surface area contributed by atoms with Crippen LogP contribution in [0.3, 0.4) is 0 Å². The monoisotopic (exact) mass is 262 g/mol. The molecule has 0 amide bonds. The second kappa shape index (κ2) is 6.49. The first-order valence-electron chi connectivity index (χ1n) is 7.45. The second-order valence-corrected chi connectivity index (χ2v) is 5.74. The third-order valence-corrected chi connectivity index (χ3v) is 3.98. The molecule has 0 bridgehead atoms. The van der Waals surface area contributed by atoms with Crippen LogP contribution < -0.4 is 5.32 Å². The number of hydrogen-bond acceptors (Lipinski definition) is 3. The van der Waals surface area contributed by atoms with Crippen molar-refractivity contribution >= 4 is 0 Å². The van der Waals surface area contributed by atoms with E-state index in [4.69, 9.17) is 4.74 Å². The maximum absolute atomic E-state index is 6.12. The molecule has 1 saturated heterocycles. The summed E-state index contributed by atoms with van der Waals surface area (Å²) in [5.41, 5.74) is 2.20. The lowest BCUT2D eigenvalue weighted by Crippen LogP contribution is -2.46. The number of rotatable bonds is 5. The van der Waals surface area contributed by atoms with Gasteiger partial charge in [0.25, 0.3) is 0 Å². The molecule has 1 aliphatic heterocycles. The van der Waals surface area contributed by atoms with Crippen LogP contribution in [0.2, 0.25) is 0 Å². The molecule has 0 aromatic carbocycles. The summed E-state index contributed by atoms with van der Waals surface area (Å²) in [5.74, 6) is 0. The number of pyridine rings is 1. The van der Waals surface area contributed by atoms with Crippen molar-refractivity contribution in [3.05, 3.63) is 29.6 Å². The van der Waals surface area contributed by atoms with Crippen LogP contribution in [0.5, 0.6) is 0 Å². The van der Waals surface area contributed by atoms with Gasteiger partial charge in [-0.3, -0.25) is 4.98 Å². The average molecular weight is 262 g/mol. The lowest BCUT2D eigenvalue weighted by atomic mass is 9.84. The van der Waals surface area contributed by atoms with Crippen LogP contribution in [-0.4, -0.2) is 23.7 Å². The van der Waals surface area contributed by atoms with Gasteiger partial charge in [0.1, 0.15) is 0 Å². The van der Waals surface area contributed by atoms with Crippen LogP contribution in [0, 0.1) is 6.92 Å². The van der Waals surface area contributed by atoms with E-state index < -0.39 is 0 Å². The maximum atomic E-state index is 6.12. The minimum atomic E-state index is -0.107. The molecule has 0 aliphatic carbocycles. The topological polar surface area (TPSA) is 34.2 Å². The predicted octanol–water partition coefficient (Wildman–Crippen LogP) is 3.39. The van der Waals surface area contributed by atoms with Crippen molar-refractivity contribution in [2.24, 2.45) is 0 Å². The molecule has 106 valence electrons. The van der Waals surface area contributed by atoms with Gasteiger partial charge in [-0.25, -0.2) is 0 Å². The van der Waals surface area contributed by atoms with Crippen LogP contribution in [0.1, 0.15) is 56.8 Å². The molecule has 1 aliphatic rings. The predicted molar refractivity (Wildman–Crippen MR) is 78.2 cm³/mol. The van der Waals surface area contributed by atoms with Crippen molar-refractivity contribution in [3.8, 4) is 0 Å². The molecular formula is C16H26N2O. The molecular weight excluding hydrogens is 236 g/mol. The summed E-state index contributed by atoms with van der Waals surface area (Å²) in [5, 5.41) is 3.65. The second-order valence-electron chi connectivity index (χ2n) is 5.74. The van der Waals surface area contributed by atoms with Gasteiger partial charge < -0.3 is 10.1 Å². The van der Waals surface area contributed by atoms with E-state index in [1.54, 1.807) is 0 Å². The van der Waals surface area contributed by atoms with Crippen molar-refractivity contribution in [2.75, 3.05) is 13.2 Å². The number of ether oxygens (including phenoxy) is 1. The van der Waals surface area contributed by atoms with Gasteiger partial charge in [-0.15, -0.1) is 0 Å². The summed E-state index contributed by atoms with van der Waals surface area (Å²) in [6.07, 6.45) is 6.67. The Hall–Kier alpha value is -0.930. The molecule has 3 nitrogen and oxygen atoms in total.